The van der Waals surface area contributed by atoms with Crippen LogP contribution in [0.5, 0.6) is 0 Å². The average Bonchev–Trinajstić information content (AvgIpc) is 2.71. The summed E-state index contributed by atoms with van der Waals surface area (Å²) in [7, 11) is 0. The monoisotopic (exact) mass is 187 g/mol. The van der Waals surface area contributed by atoms with Gasteiger partial charge < -0.3 is 0 Å². The highest BCUT2D eigenvalue weighted by Crippen LogP contribution is 2.13. The summed E-state index contributed by atoms with van der Waals surface area (Å²) in [6.45, 7) is 1.96. The molecule has 0 spiro atoms. The number of benzene rings is 1. The van der Waals surface area contributed by atoms with Gasteiger partial charge in [0.05, 0.1) is 5.69 Å². The first-order chi connectivity index (χ1) is 6.81. The summed E-state index contributed by atoms with van der Waals surface area (Å²) in [5.74, 6) is 0. The van der Waals surface area contributed by atoms with Crippen LogP contribution < -0.4 is 0 Å². The summed E-state index contributed by atoms with van der Waals surface area (Å²) >= 11 is 0. The smallest absolute Gasteiger partial charge is 0.150 e. The standard InChI is InChI=1S/C10H9N3O/c1-8-2-3-9(5-14)4-10(8)13-7-11-6-12-13/h2-7H,1H3. The first-order valence-electron chi connectivity index (χ1n) is 4.22. The minimum absolute atomic E-state index is 0.640. The lowest BCUT2D eigenvalue weighted by molar-refractivity contribution is 0.112. The molecule has 2 rings (SSSR count). The maximum atomic E-state index is 10.6. The number of hydrogen-bond donors (Lipinski definition) is 0. The maximum Gasteiger partial charge on any atom is 0.150 e. The first kappa shape index (κ1) is 8.62. The summed E-state index contributed by atoms with van der Waals surface area (Å²) in [5.41, 5.74) is 2.58. The van der Waals surface area contributed by atoms with Gasteiger partial charge in [0.15, 0.2) is 0 Å². The van der Waals surface area contributed by atoms with Gasteiger partial charge in [-0.05, 0) is 18.6 Å². The summed E-state index contributed by atoms with van der Waals surface area (Å²) in [5, 5.41) is 4.01. The molecule has 1 aromatic carbocycles. The molecule has 4 nitrogen and oxygen atoms in total. The largest absolute Gasteiger partial charge is 0.298 e. The van der Waals surface area contributed by atoms with Gasteiger partial charge in [-0.1, -0.05) is 12.1 Å². The van der Waals surface area contributed by atoms with Crippen molar-refractivity contribution in [3.05, 3.63) is 42.0 Å². The van der Waals surface area contributed by atoms with Crippen LogP contribution in [0.4, 0.5) is 0 Å². The molecular weight excluding hydrogens is 178 g/mol. The van der Waals surface area contributed by atoms with Crippen LogP contribution >= 0.6 is 0 Å². The van der Waals surface area contributed by atoms with Crippen molar-refractivity contribution in [2.45, 2.75) is 6.92 Å². The van der Waals surface area contributed by atoms with Crippen molar-refractivity contribution in [2.24, 2.45) is 0 Å². The summed E-state index contributed by atoms with van der Waals surface area (Å²) in [4.78, 5) is 14.5. The van der Waals surface area contributed by atoms with E-state index in [1.807, 2.05) is 13.0 Å². The lowest BCUT2D eigenvalue weighted by Crippen LogP contribution is -1.98. The van der Waals surface area contributed by atoms with Gasteiger partial charge in [0.1, 0.15) is 18.9 Å². The normalized spacial score (nSPS) is 10.1. The summed E-state index contributed by atoms with van der Waals surface area (Å²) < 4.78 is 1.64. The molecule has 2 aromatic rings. The van der Waals surface area contributed by atoms with Gasteiger partial charge in [-0.2, -0.15) is 5.10 Å². The number of carbonyl (C=O) groups is 1. The topological polar surface area (TPSA) is 47.8 Å². The summed E-state index contributed by atoms with van der Waals surface area (Å²) in [6, 6.07) is 5.46. The SMILES string of the molecule is Cc1ccc(C=O)cc1-n1cncn1. The van der Waals surface area contributed by atoms with Crippen molar-refractivity contribution >= 4 is 6.29 Å². The zero-order valence-corrected chi connectivity index (χ0v) is 7.71. The maximum absolute atomic E-state index is 10.6. The molecule has 0 saturated heterocycles. The van der Waals surface area contributed by atoms with E-state index in [9.17, 15) is 4.79 Å². The zero-order valence-electron chi connectivity index (χ0n) is 7.71. The van der Waals surface area contributed by atoms with Crippen molar-refractivity contribution in [3.63, 3.8) is 0 Å². The molecule has 14 heavy (non-hydrogen) atoms. The van der Waals surface area contributed by atoms with E-state index in [2.05, 4.69) is 10.1 Å². The Balaban J connectivity index is 2.57. The van der Waals surface area contributed by atoms with Crippen molar-refractivity contribution in [2.75, 3.05) is 0 Å². The molecular formula is C10H9N3O. The number of aldehydes is 1. The van der Waals surface area contributed by atoms with E-state index in [1.165, 1.54) is 6.33 Å². The number of aromatic nitrogens is 3. The molecule has 0 aliphatic heterocycles. The number of nitrogens with zero attached hydrogens (tertiary/aromatic N) is 3. The van der Waals surface area contributed by atoms with Gasteiger partial charge >= 0.3 is 0 Å². The highest BCUT2D eigenvalue weighted by Gasteiger charge is 2.02. The van der Waals surface area contributed by atoms with E-state index in [0.29, 0.717) is 5.56 Å². The van der Waals surface area contributed by atoms with Crippen molar-refractivity contribution in [1.82, 2.24) is 14.8 Å². The van der Waals surface area contributed by atoms with Crippen LogP contribution in [-0.4, -0.2) is 21.1 Å². The molecule has 0 amide bonds. The van der Waals surface area contributed by atoms with E-state index >= 15 is 0 Å². The minimum atomic E-state index is 0.640. The number of hydrogen-bond acceptors (Lipinski definition) is 3. The third kappa shape index (κ3) is 1.42. The Morgan fingerprint density at radius 3 is 2.93 bits per heavy atom. The lowest BCUT2D eigenvalue weighted by atomic mass is 10.1. The minimum Gasteiger partial charge on any atom is -0.298 e. The van der Waals surface area contributed by atoms with E-state index in [1.54, 1.807) is 23.1 Å². The van der Waals surface area contributed by atoms with Gasteiger partial charge in [0, 0.05) is 5.56 Å². The second kappa shape index (κ2) is 3.41. The molecule has 0 saturated carbocycles. The molecule has 0 N–H and O–H groups in total. The fraction of sp³-hybridized carbons (Fsp3) is 0.100. The fourth-order valence-corrected chi connectivity index (χ4v) is 1.28. The molecule has 1 aromatic heterocycles. The van der Waals surface area contributed by atoms with Crippen LogP contribution in [0.25, 0.3) is 5.69 Å². The van der Waals surface area contributed by atoms with Crippen LogP contribution in [0.2, 0.25) is 0 Å². The Bertz CT molecular complexity index is 448. The van der Waals surface area contributed by atoms with Gasteiger partial charge in [-0.3, -0.25) is 4.79 Å². The molecule has 70 valence electrons. The number of carbonyl (C=O) groups excluding carboxylic acids is 1. The molecule has 0 fully saturated rings. The Hall–Kier alpha value is -1.97. The average molecular weight is 187 g/mol. The quantitative estimate of drug-likeness (QED) is 0.667. The Labute approximate surface area is 81.2 Å². The zero-order chi connectivity index (χ0) is 9.97. The molecule has 4 heteroatoms. The molecule has 1 heterocycles. The Morgan fingerprint density at radius 2 is 2.29 bits per heavy atom. The second-order valence-corrected chi connectivity index (χ2v) is 3.00. The molecule has 0 bridgehead atoms. The highest BCUT2D eigenvalue weighted by atomic mass is 16.1. The van der Waals surface area contributed by atoms with Gasteiger partial charge in [-0.25, -0.2) is 9.67 Å². The van der Waals surface area contributed by atoms with E-state index in [-0.39, 0.29) is 0 Å². The van der Waals surface area contributed by atoms with E-state index in [0.717, 1.165) is 17.5 Å². The molecule has 0 atom stereocenters. The van der Waals surface area contributed by atoms with Crippen molar-refractivity contribution in [1.29, 1.82) is 0 Å². The van der Waals surface area contributed by atoms with Crippen LogP contribution in [0, 0.1) is 6.92 Å². The third-order valence-electron chi connectivity index (χ3n) is 2.03. The van der Waals surface area contributed by atoms with Crippen LogP contribution in [0.1, 0.15) is 15.9 Å². The van der Waals surface area contributed by atoms with Crippen molar-refractivity contribution < 1.29 is 4.79 Å². The number of rotatable bonds is 2. The second-order valence-electron chi connectivity index (χ2n) is 3.00. The molecule has 0 aliphatic rings. The molecule has 0 radical (unpaired) electrons. The Morgan fingerprint density at radius 1 is 1.43 bits per heavy atom. The van der Waals surface area contributed by atoms with Crippen molar-refractivity contribution in [3.8, 4) is 5.69 Å². The lowest BCUT2D eigenvalue weighted by Gasteiger charge is -2.04. The van der Waals surface area contributed by atoms with Gasteiger partial charge in [-0.15, -0.1) is 0 Å². The first-order valence-corrected chi connectivity index (χ1v) is 4.22. The van der Waals surface area contributed by atoms with Crippen LogP contribution in [0.3, 0.4) is 0 Å². The van der Waals surface area contributed by atoms with E-state index < -0.39 is 0 Å². The van der Waals surface area contributed by atoms with Crippen LogP contribution in [-0.2, 0) is 0 Å². The van der Waals surface area contributed by atoms with Crippen LogP contribution in [0.15, 0.2) is 30.9 Å². The number of aryl methyl sites for hydroxylation is 1. The van der Waals surface area contributed by atoms with Gasteiger partial charge in [0.25, 0.3) is 0 Å². The fourth-order valence-electron chi connectivity index (χ4n) is 1.28. The molecule has 0 unspecified atom stereocenters. The van der Waals surface area contributed by atoms with E-state index in [4.69, 9.17) is 0 Å². The van der Waals surface area contributed by atoms with Gasteiger partial charge in [0.2, 0.25) is 0 Å². The third-order valence-corrected chi connectivity index (χ3v) is 2.03. The highest BCUT2D eigenvalue weighted by molar-refractivity contribution is 5.76. The predicted molar refractivity (Wildman–Crippen MR) is 51.5 cm³/mol. The predicted octanol–water partition coefficient (Wildman–Crippen LogP) is 1.39. The molecule has 0 aliphatic carbocycles. The Kier molecular flexibility index (Phi) is 2.10. The summed E-state index contributed by atoms with van der Waals surface area (Å²) in [6.07, 6.45) is 3.89.